The third kappa shape index (κ3) is 5.82. The molecule has 1 fully saturated rings. The van der Waals surface area contributed by atoms with Crippen LogP contribution in [0, 0.1) is 11.8 Å². The van der Waals surface area contributed by atoms with Crippen molar-refractivity contribution in [2.24, 2.45) is 11.8 Å². The Balaban J connectivity index is 1.81. The normalized spacial score (nSPS) is 17.3. The molecule has 0 saturated heterocycles. The van der Waals surface area contributed by atoms with Crippen LogP contribution in [0.2, 0.25) is 0 Å². The van der Waals surface area contributed by atoms with Crippen molar-refractivity contribution in [3.05, 3.63) is 35.4 Å². The number of carboxylic acid groups (broad SMARTS) is 1. The number of hydrogen-bond acceptors (Lipinski definition) is 1. The van der Waals surface area contributed by atoms with E-state index in [1.54, 1.807) is 0 Å². The average molecular weight is 302 g/mol. The number of aliphatic carboxylic acids is 1. The molecule has 2 nitrogen and oxygen atoms in total. The van der Waals surface area contributed by atoms with Crippen molar-refractivity contribution in [2.45, 2.75) is 71.1 Å². The van der Waals surface area contributed by atoms with Crippen LogP contribution in [0.4, 0.5) is 0 Å². The molecule has 2 heteroatoms. The fourth-order valence-corrected chi connectivity index (χ4v) is 3.80. The fourth-order valence-electron chi connectivity index (χ4n) is 3.80. The Hall–Kier alpha value is -1.31. The molecular weight excluding hydrogens is 272 g/mol. The smallest absolute Gasteiger partial charge is 0.303 e. The van der Waals surface area contributed by atoms with Gasteiger partial charge in [0.05, 0.1) is 0 Å². The molecule has 0 spiro atoms. The second kappa shape index (κ2) is 8.97. The highest BCUT2D eigenvalue weighted by molar-refractivity contribution is 5.67. The van der Waals surface area contributed by atoms with Gasteiger partial charge in [-0.05, 0) is 48.6 Å². The van der Waals surface area contributed by atoms with Crippen LogP contribution in [0.15, 0.2) is 24.3 Å². The lowest BCUT2D eigenvalue weighted by Crippen LogP contribution is -2.11. The van der Waals surface area contributed by atoms with Gasteiger partial charge in [0.15, 0.2) is 0 Å². The third-order valence-corrected chi connectivity index (χ3v) is 5.09. The Morgan fingerprint density at radius 3 is 2.41 bits per heavy atom. The molecule has 2 rings (SSSR count). The predicted octanol–water partition coefficient (Wildman–Crippen LogP) is 5.24. The van der Waals surface area contributed by atoms with Crippen LogP contribution in [-0.4, -0.2) is 11.1 Å². The van der Waals surface area contributed by atoms with Gasteiger partial charge in [0.25, 0.3) is 0 Å². The number of aryl methyl sites for hydroxylation is 2. The standard InChI is InChI=1S/C20H30O2/c1-16(15-17-7-3-2-4-8-17)11-12-18-9-5-6-10-19(18)13-14-20(21)22/h5-6,9-10,16-17H,2-4,7-8,11-15H2,1H3,(H,21,22). The lowest BCUT2D eigenvalue weighted by atomic mass is 9.81. The van der Waals surface area contributed by atoms with Crippen molar-refractivity contribution in [1.82, 2.24) is 0 Å². The number of rotatable bonds is 8. The summed E-state index contributed by atoms with van der Waals surface area (Å²) in [6, 6.07) is 8.35. The Bertz CT molecular complexity index is 461. The fraction of sp³-hybridized carbons (Fsp3) is 0.650. The molecule has 122 valence electrons. The first-order valence-corrected chi connectivity index (χ1v) is 8.93. The summed E-state index contributed by atoms with van der Waals surface area (Å²) in [5, 5.41) is 8.87. The van der Waals surface area contributed by atoms with Gasteiger partial charge in [0.1, 0.15) is 0 Å². The largest absolute Gasteiger partial charge is 0.481 e. The zero-order valence-corrected chi connectivity index (χ0v) is 13.9. The Morgan fingerprint density at radius 2 is 1.77 bits per heavy atom. The van der Waals surface area contributed by atoms with E-state index in [9.17, 15) is 4.79 Å². The first-order valence-electron chi connectivity index (χ1n) is 8.93. The monoisotopic (exact) mass is 302 g/mol. The summed E-state index contributed by atoms with van der Waals surface area (Å²) in [5.74, 6) is 1.02. The van der Waals surface area contributed by atoms with E-state index in [-0.39, 0.29) is 6.42 Å². The molecule has 0 amide bonds. The van der Waals surface area contributed by atoms with E-state index in [0.717, 1.165) is 18.3 Å². The number of carboxylic acids is 1. The maximum absolute atomic E-state index is 10.8. The van der Waals surface area contributed by atoms with Gasteiger partial charge >= 0.3 is 5.97 Å². The van der Waals surface area contributed by atoms with Gasteiger partial charge in [-0.1, -0.05) is 63.3 Å². The van der Waals surface area contributed by atoms with E-state index in [1.165, 1.54) is 56.1 Å². The molecule has 1 saturated carbocycles. The van der Waals surface area contributed by atoms with Crippen LogP contribution in [0.25, 0.3) is 0 Å². The topological polar surface area (TPSA) is 37.3 Å². The minimum atomic E-state index is -0.708. The highest BCUT2D eigenvalue weighted by Crippen LogP contribution is 2.30. The molecule has 1 N–H and O–H groups in total. The molecule has 22 heavy (non-hydrogen) atoms. The summed E-state index contributed by atoms with van der Waals surface area (Å²) in [5.41, 5.74) is 2.56. The molecule has 1 atom stereocenters. The van der Waals surface area contributed by atoms with Crippen molar-refractivity contribution < 1.29 is 9.90 Å². The first kappa shape index (κ1) is 17.1. The van der Waals surface area contributed by atoms with Crippen molar-refractivity contribution in [2.75, 3.05) is 0 Å². The van der Waals surface area contributed by atoms with Gasteiger partial charge in [0.2, 0.25) is 0 Å². The summed E-state index contributed by atoms with van der Waals surface area (Å²) < 4.78 is 0. The number of benzene rings is 1. The SMILES string of the molecule is CC(CCc1ccccc1CCC(=O)O)CC1CCCCC1. The van der Waals surface area contributed by atoms with Crippen molar-refractivity contribution in [3.63, 3.8) is 0 Å². The lowest BCUT2D eigenvalue weighted by molar-refractivity contribution is -0.136. The van der Waals surface area contributed by atoms with E-state index < -0.39 is 5.97 Å². The predicted molar refractivity (Wildman–Crippen MR) is 91.1 cm³/mol. The van der Waals surface area contributed by atoms with E-state index in [0.29, 0.717) is 6.42 Å². The molecule has 0 radical (unpaired) electrons. The van der Waals surface area contributed by atoms with Crippen molar-refractivity contribution >= 4 is 5.97 Å². The van der Waals surface area contributed by atoms with E-state index in [2.05, 4.69) is 25.1 Å². The van der Waals surface area contributed by atoms with Crippen molar-refractivity contribution in [3.8, 4) is 0 Å². The molecule has 1 aromatic rings. The summed E-state index contributed by atoms with van der Waals surface area (Å²) in [4.78, 5) is 10.8. The van der Waals surface area contributed by atoms with Crippen LogP contribution in [0.5, 0.6) is 0 Å². The summed E-state index contributed by atoms with van der Waals surface area (Å²) in [7, 11) is 0. The van der Waals surface area contributed by atoms with E-state index in [4.69, 9.17) is 5.11 Å². The van der Waals surface area contributed by atoms with Gasteiger partial charge in [-0.25, -0.2) is 0 Å². The van der Waals surface area contributed by atoms with Crippen LogP contribution >= 0.6 is 0 Å². The van der Waals surface area contributed by atoms with E-state index >= 15 is 0 Å². The minimum Gasteiger partial charge on any atom is -0.481 e. The second-order valence-corrected chi connectivity index (χ2v) is 7.05. The number of carbonyl (C=O) groups is 1. The second-order valence-electron chi connectivity index (χ2n) is 7.05. The zero-order valence-electron chi connectivity index (χ0n) is 13.9. The quantitative estimate of drug-likeness (QED) is 0.712. The highest BCUT2D eigenvalue weighted by atomic mass is 16.4. The van der Waals surface area contributed by atoms with Gasteiger partial charge in [-0.2, -0.15) is 0 Å². The summed E-state index contributed by atoms with van der Waals surface area (Å²) in [6.45, 7) is 2.38. The maximum atomic E-state index is 10.8. The van der Waals surface area contributed by atoms with Gasteiger partial charge in [-0.3, -0.25) is 4.79 Å². The molecule has 1 unspecified atom stereocenters. The zero-order chi connectivity index (χ0) is 15.8. The molecule has 0 aliphatic heterocycles. The van der Waals surface area contributed by atoms with Crippen LogP contribution in [0.3, 0.4) is 0 Å². The molecule has 0 heterocycles. The Labute approximate surface area is 134 Å². The highest BCUT2D eigenvalue weighted by Gasteiger charge is 2.16. The van der Waals surface area contributed by atoms with Gasteiger partial charge in [0, 0.05) is 6.42 Å². The van der Waals surface area contributed by atoms with Crippen LogP contribution < -0.4 is 0 Å². The third-order valence-electron chi connectivity index (χ3n) is 5.09. The molecule has 1 aromatic carbocycles. The molecular formula is C20H30O2. The Kier molecular flexibility index (Phi) is 6.95. The van der Waals surface area contributed by atoms with Gasteiger partial charge < -0.3 is 5.11 Å². The number of hydrogen-bond donors (Lipinski definition) is 1. The summed E-state index contributed by atoms with van der Waals surface area (Å²) >= 11 is 0. The first-order chi connectivity index (χ1) is 10.6. The molecule has 0 bridgehead atoms. The van der Waals surface area contributed by atoms with E-state index in [1.807, 2.05) is 6.07 Å². The average Bonchev–Trinajstić information content (AvgIpc) is 2.52. The maximum Gasteiger partial charge on any atom is 0.303 e. The van der Waals surface area contributed by atoms with Crippen LogP contribution in [0.1, 0.15) is 69.4 Å². The summed E-state index contributed by atoms with van der Waals surface area (Å²) in [6.07, 6.45) is 11.7. The van der Waals surface area contributed by atoms with Crippen LogP contribution in [-0.2, 0) is 17.6 Å². The van der Waals surface area contributed by atoms with Crippen molar-refractivity contribution in [1.29, 1.82) is 0 Å². The lowest BCUT2D eigenvalue weighted by Gasteiger charge is -2.24. The minimum absolute atomic E-state index is 0.231. The molecule has 0 aromatic heterocycles. The Morgan fingerprint density at radius 1 is 1.14 bits per heavy atom. The molecule has 1 aliphatic carbocycles. The molecule has 1 aliphatic rings. The van der Waals surface area contributed by atoms with Gasteiger partial charge in [-0.15, -0.1) is 0 Å².